The fourth-order valence-electron chi connectivity index (χ4n) is 2.94. The molecule has 1 unspecified atom stereocenters. The predicted molar refractivity (Wildman–Crippen MR) is 79.1 cm³/mol. The van der Waals surface area contributed by atoms with Gasteiger partial charge in [-0.1, -0.05) is 38.8 Å². The van der Waals surface area contributed by atoms with Gasteiger partial charge >= 0.3 is 5.97 Å². The molecule has 0 radical (unpaired) electrons. The Morgan fingerprint density at radius 1 is 1.25 bits per heavy atom. The Morgan fingerprint density at radius 2 is 1.85 bits per heavy atom. The third-order valence-electron chi connectivity index (χ3n) is 3.96. The fraction of sp³-hybridized carbons (Fsp3) is 0.588. The van der Waals surface area contributed by atoms with E-state index in [4.69, 9.17) is 4.74 Å². The highest BCUT2D eigenvalue weighted by molar-refractivity contribution is 5.76. The third kappa shape index (κ3) is 3.75. The van der Waals surface area contributed by atoms with Crippen molar-refractivity contribution < 1.29 is 14.6 Å². The third-order valence-corrected chi connectivity index (χ3v) is 3.96. The highest BCUT2D eigenvalue weighted by Gasteiger charge is 2.31. The Kier molecular flexibility index (Phi) is 5.05. The minimum absolute atomic E-state index is 0.287. The van der Waals surface area contributed by atoms with Crippen molar-refractivity contribution in [2.75, 3.05) is 6.61 Å². The lowest BCUT2D eigenvalue weighted by Crippen LogP contribution is -2.19. The van der Waals surface area contributed by atoms with Crippen molar-refractivity contribution in [3.63, 3.8) is 0 Å². The van der Waals surface area contributed by atoms with E-state index in [-0.39, 0.29) is 11.8 Å². The number of ether oxygens (including phenoxy) is 1. The fourth-order valence-corrected chi connectivity index (χ4v) is 2.94. The van der Waals surface area contributed by atoms with Gasteiger partial charge in [0.05, 0.1) is 12.5 Å². The van der Waals surface area contributed by atoms with Crippen molar-refractivity contribution in [3.8, 4) is 5.75 Å². The van der Waals surface area contributed by atoms with Gasteiger partial charge in [-0.25, -0.2) is 0 Å². The van der Waals surface area contributed by atoms with E-state index in [1.807, 2.05) is 24.3 Å². The van der Waals surface area contributed by atoms with E-state index >= 15 is 0 Å². The maximum atomic E-state index is 11.6. The first-order valence-corrected chi connectivity index (χ1v) is 7.53. The van der Waals surface area contributed by atoms with Crippen LogP contribution in [0.1, 0.15) is 51.0 Å². The van der Waals surface area contributed by atoms with Crippen LogP contribution in [-0.2, 0) is 4.79 Å². The van der Waals surface area contributed by atoms with E-state index in [0.717, 1.165) is 37.0 Å². The van der Waals surface area contributed by atoms with E-state index in [1.54, 1.807) is 0 Å². The van der Waals surface area contributed by atoms with Crippen molar-refractivity contribution in [2.24, 2.45) is 11.8 Å². The van der Waals surface area contributed by atoms with Crippen LogP contribution < -0.4 is 4.74 Å². The van der Waals surface area contributed by atoms with Crippen LogP contribution in [0.4, 0.5) is 0 Å². The topological polar surface area (TPSA) is 46.5 Å². The Morgan fingerprint density at radius 3 is 2.35 bits per heavy atom. The zero-order chi connectivity index (χ0) is 14.5. The van der Waals surface area contributed by atoms with Crippen molar-refractivity contribution in [2.45, 2.75) is 45.4 Å². The molecule has 1 aliphatic carbocycles. The molecule has 1 aromatic rings. The molecule has 0 spiro atoms. The summed E-state index contributed by atoms with van der Waals surface area (Å²) in [6.07, 6.45) is 4.37. The Hall–Kier alpha value is -1.51. The van der Waals surface area contributed by atoms with Gasteiger partial charge in [-0.15, -0.1) is 0 Å². The van der Waals surface area contributed by atoms with Gasteiger partial charge in [0.25, 0.3) is 0 Å². The molecule has 0 bridgehead atoms. The highest BCUT2D eigenvalue weighted by atomic mass is 16.5. The predicted octanol–water partition coefficient (Wildman–Crippen LogP) is 4.08. The van der Waals surface area contributed by atoms with Gasteiger partial charge in [0, 0.05) is 0 Å². The largest absolute Gasteiger partial charge is 0.493 e. The molecule has 0 aliphatic heterocycles. The Bertz CT molecular complexity index is 430. The van der Waals surface area contributed by atoms with Crippen molar-refractivity contribution in [1.82, 2.24) is 0 Å². The maximum Gasteiger partial charge on any atom is 0.311 e. The minimum Gasteiger partial charge on any atom is -0.493 e. The standard InChI is InChI=1S/C17H24O3/c1-12(2)11-20-15-9-7-14(8-10-15)16(17(18)19)13-5-3-4-6-13/h7-10,12-13,16H,3-6,11H2,1-2H3,(H,18,19). The molecule has 1 aromatic carbocycles. The van der Waals surface area contributed by atoms with E-state index in [2.05, 4.69) is 13.8 Å². The molecule has 1 saturated carbocycles. The van der Waals surface area contributed by atoms with Crippen LogP contribution in [0, 0.1) is 11.8 Å². The minimum atomic E-state index is -0.701. The number of hydrogen-bond donors (Lipinski definition) is 1. The second-order valence-electron chi connectivity index (χ2n) is 6.13. The van der Waals surface area contributed by atoms with E-state index in [9.17, 15) is 9.90 Å². The maximum absolute atomic E-state index is 11.6. The monoisotopic (exact) mass is 276 g/mol. The Balaban J connectivity index is 2.07. The number of aliphatic carboxylic acids is 1. The van der Waals surface area contributed by atoms with Crippen molar-refractivity contribution in [3.05, 3.63) is 29.8 Å². The number of hydrogen-bond acceptors (Lipinski definition) is 2. The number of carbonyl (C=O) groups is 1. The van der Waals surface area contributed by atoms with Crippen LogP contribution in [0.5, 0.6) is 5.75 Å². The second-order valence-corrected chi connectivity index (χ2v) is 6.13. The number of rotatable bonds is 6. The molecular formula is C17H24O3. The molecule has 3 nitrogen and oxygen atoms in total. The van der Waals surface area contributed by atoms with Crippen LogP contribution in [0.2, 0.25) is 0 Å². The van der Waals surface area contributed by atoms with Crippen LogP contribution in [0.25, 0.3) is 0 Å². The molecule has 3 heteroatoms. The molecular weight excluding hydrogens is 252 g/mol. The summed E-state index contributed by atoms with van der Waals surface area (Å²) in [7, 11) is 0. The molecule has 1 aliphatic rings. The summed E-state index contributed by atoms with van der Waals surface area (Å²) in [5.74, 6) is 0.525. The molecule has 0 aromatic heterocycles. The average molecular weight is 276 g/mol. The summed E-state index contributed by atoms with van der Waals surface area (Å²) in [5.41, 5.74) is 0.904. The summed E-state index contributed by atoms with van der Waals surface area (Å²) in [6.45, 7) is 4.90. The molecule has 110 valence electrons. The lowest BCUT2D eigenvalue weighted by Gasteiger charge is -2.20. The van der Waals surface area contributed by atoms with E-state index < -0.39 is 5.97 Å². The quantitative estimate of drug-likeness (QED) is 0.851. The lowest BCUT2D eigenvalue weighted by atomic mass is 9.85. The summed E-state index contributed by atoms with van der Waals surface area (Å²) in [5, 5.41) is 9.50. The summed E-state index contributed by atoms with van der Waals surface area (Å²) < 4.78 is 5.64. The molecule has 2 rings (SSSR count). The number of carboxylic acids is 1. The summed E-state index contributed by atoms with van der Waals surface area (Å²) in [4.78, 5) is 11.6. The molecule has 0 saturated heterocycles. The smallest absolute Gasteiger partial charge is 0.311 e. The van der Waals surface area contributed by atoms with E-state index in [1.165, 1.54) is 0 Å². The van der Waals surface area contributed by atoms with Gasteiger partial charge in [0.2, 0.25) is 0 Å². The second kappa shape index (κ2) is 6.78. The van der Waals surface area contributed by atoms with Gasteiger partial charge in [0.15, 0.2) is 0 Å². The van der Waals surface area contributed by atoms with Gasteiger partial charge in [-0.2, -0.15) is 0 Å². The summed E-state index contributed by atoms with van der Waals surface area (Å²) in [6, 6.07) is 7.60. The van der Waals surface area contributed by atoms with Gasteiger partial charge < -0.3 is 9.84 Å². The highest BCUT2D eigenvalue weighted by Crippen LogP contribution is 2.37. The zero-order valence-electron chi connectivity index (χ0n) is 12.3. The van der Waals surface area contributed by atoms with Crippen LogP contribution in [0.15, 0.2) is 24.3 Å². The van der Waals surface area contributed by atoms with Crippen LogP contribution in [0.3, 0.4) is 0 Å². The first kappa shape index (κ1) is 14.9. The van der Waals surface area contributed by atoms with Crippen molar-refractivity contribution in [1.29, 1.82) is 0 Å². The Labute approximate surface area is 121 Å². The average Bonchev–Trinajstić information content (AvgIpc) is 2.91. The van der Waals surface area contributed by atoms with Crippen LogP contribution >= 0.6 is 0 Å². The SMILES string of the molecule is CC(C)COc1ccc(C(C(=O)O)C2CCCC2)cc1. The van der Waals surface area contributed by atoms with Crippen LogP contribution in [-0.4, -0.2) is 17.7 Å². The van der Waals surface area contributed by atoms with Gasteiger partial charge in [-0.05, 0) is 42.4 Å². The normalized spacial score (nSPS) is 17.4. The molecule has 1 atom stereocenters. The van der Waals surface area contributed by atoms with Crippen molar-refractivity contribution >= 4 is 5.97 Å². The molecule has 0 heterocycles. The number of benzene rings is 1. The molecule has 1 fully saturated rings. The van der Waals surface area contributed by atoms with Gasteiger partial charge in [0.1, 0.15) is 5.75 Å². The summed E-state index contributed by atoms with van der Waals surface area (Å²) >= 11 is 0. The zero-order valence-corrected chi connectivity index (χ0v) is 12.3. The first-order valence-electron chi connectivity index (χ1n) is 7.53. The first-order chi connectivity index (χ1) is 9.58. The number of carboxylic acid groups (broad SMARTS) is 1. The molecule has 20 heavy (non-hydrogen) atoms. The molecule has 1 N–H and O–H groups in total. The van der Waals surface area contributed by atoms with E-state index in [0.29, 0.717) is 12.5 Å². The van der Waals surface area contributed by atoms with Gasteiger partial charge in [-0.3, -0.25) is 4.79 Å². The molecule has 0 amide bonds. The lowest BCUT2D eigenvalue weighted by molar-refractivity contribution is -0.140.